The Hall–Kier alpha value is -1.85. The van der Waals surface area contributed by atoms with Gasteiger partial charge < -0.3 is 15.4 Å². The maximum atomic E-state index is 12.6. The zero-order valence-electron chi connectivity index (χ0n) is 22.6. The monoisotopic (exact) mass is 558 g/mol. The van der Waals surface area contributed by atoms with Crippen LogP contribution in [0.5, 0.6) is 0 Å². The number of hydrogen-bond acceptors (Lipinski definition) is 9. The summed E-state index contributed by atoms with van der Waals surface area (Å²) in [6.07, 6.45) is 4.69. The summed E-state index contributed by atoms with van der Waals surface area (Å²) in [4.78, 5) is 46.1. The highest BCUT2D eigenvalue weighted by molar-refractivity contribution is 8.14. The molecule has 0 aliphatic carbocycles. The smallest absolute Gasteiger partial charge is 0.326 e. The van der Waals surface area contributed by atoms with Gasteiger partial charge in [-0.25, -0.2) is 4.98 Å². The molecule has 3 rings (SSSR count). The van der Waals surface area contributed by atoms with Crippen molar-refractivity contribution < 1.29 is 19.1 Å². The topological polar surface area (TPSA) is 110 Å². The number of nitrogens with zero attached hydrogens (tertiary/aromatic N) is 2. The van der Waals surface area contributed by atoms with E-state index in [1.165, 1.54) is 29.5 Å². The van der Waals surface area contributed by atoms with Gasteiger partial charge in [0.05, 0.1) is 13.0 Å². The third-order valence-electron chi connectivity index (χ3n) is 4.24. The lowest BCUT2D eigenvalue weighted by Gasteiger charge is -2.19. The van der Waals surface area contributed by atoms with Gasteiger partial charge in [0, 0.05) is 11.1 Å². The number of aliphatic imine (C=N–C) groups is 1. The van der Waals surface area contributed by atoms with Crippen LogP contribution in [0, 0.1) is 0 Å². The van der Waals surface area contributed by atoms with Crippen LogP contribution >= 0.6 is 35.7 Å². The summed E-state index contributed by atoms with van der Waals surface area (Å²) in [7, 11) is 0. The van der Waals surface area contributed by atoms with E-state index in [1.807, 2.05) is 39.2 Å². The van der Waals surface area contributed by atoms with E-state index in [0.29, 0.717) is 28.7 Å². The van der Waals surface area contributed by atoms with Gasteiger partial charge >= 0.3 is 5.97 Å². The number of esters is 1. The Bertz CT molecular complexity index is 873. The van der Waals surface area contributed by atoms with Crippen molar-refractivity contribution in [3.05, 3.63) is 28.2 Å². The van der Waals surface area contributed by atoms with Crippen molar-refractivity contribution in [2.45, 2.75) is 85.9 Å². The van der Waals surface area contributed by atoms with Crippen LogP contribution < -0.4 is 10.6 Å². The zero-order valence-corrected chi connectivity index (χ0v) is 25.1. The Balaban J connectivity index is 0.00000159. The lowest BCUT2D eigenvalue weighted by atomic mass is 10.1. The molecule has 2 unspecified atom stereocenters. The Labute approximate surface area is 230 Å². The van der Waals surface area contributed by atoms with Gasteiger partial charge in [-0.3, -0.25) is 19.4 Å². The quantitative estimate of drug-likeness (QED) is 0.280. The van der Waals surface area contributed by atoms with Crippen LogP contribution in [0.3, 0.4) is 0 Å². The van der Waals surface area contributed by atoms with Gasteiger partial charge in [-0.2, -0.15) is 12.6 Å². The van der Waals surface area contributed by atoms with Crippen LogP contribution in [-0.4, -0.2) is 57.5 Å². The number of amides is 2. The molecule has 2 aliphatic heterocycles. The standard InChI is InChI=1S/C18H22N4O4S3.C3H8.2C2H6/c1-18-10-29-16(22-18)12-9-28-14(21-12)7-19-13(23)6-11(4-2-3-5-27)26-15(24)8-20-17(18)25;1-3-2;2*1-2/h2,4,9,11,27H,3,5-8,10H2,1H3,(H,19,23)(H,20,25);3H2,1-2H3;2*1-2H3/b4-2+;;;. The second-order valence-corrected chi connectivity index (χ2v) is 9.80. The molecular weight excluding hydrogens is 517 g/mol. The number of carbonyl (C=O) groups is 3. The largest absolute Gasteiger partial charge is 0.456 e. The number of thioether (sulfide) groups is 1. The van der Waals surface area contributed by atoms with Crippen molar-refractivity contribution in [1.29, 1.82) is 0 Å². The second kappa shape index (κ2) is 19.3. The lowest BCUT2D eigenvalue weighted by molar-refractivity contribution is -0.148. The zero-order chi connectivity index (χ0) is 27.6. The molecule has 11 heteroatoms. The summed E-state index contributed by atoms with van der Waals surface area (Å²) in [5.74, 6) is -0.113. The molecule has 1 aromatic heterocycles. The summed E-state index contributed by atoms with van der Waals surface area (Å²) < 4.78 is 5.38. The minimum absolute atomic E-state index is 0.0126. The number of thiazole rings is 1. The third kappa shape index (κ3) is 11.9. The minimum Gasteiger partial charge on any atom is -0.456 e. The van der Waals surface area contributed by atoms with Crippen LogP contribution in [0.15, 0.2) is 22.5 Å². The van der Waals surface area contributed by atoms with Gasteiger partial charge in [0.25, 0.3) is 0 Å². The molecule has 1 aromatic rings. The molecule has 2 aliphatic rings. The van der Waals surface area contributed by atoms with Gasteiger partial charge in [0.15, 0.2) is 0 Å². The van der Waals surface area contributed by atoms with E-state index in [1.54, 1.807) is 13.0 Å². The van der Waals surface area contributed by atoms with Gasteiger partial charge in [0.1, 0.15) is 33.9 Å². The summed E-state index contributed by atoms with van der Waals surface area (Å²) in [5, 5.41) is 8.68. The number of nitrogens with one attached hydrogen (secondary N) is 2. The summed E-state index contributed by atoms with van der Waals surface area (Å²) >= 11 is 7.00. The van der Waals surface area contributed by atoms with E-state index in [-0.39, 0.29) is 31.3 Å². The normalized spacial score (nSPS) is 21.8. The lowest BCUT2D eigenvalue weighted by Crippen LogP contribution is -2.46. The molecule has 3 heterocycles. The summed E-state index contributed by atoms with van der Waals surface area (Å²) in [6.45, 7) is 14.0. The Morgan fingerprint density at radius 2 is 1.83 bits per heavy atom. The van der Waals surface area contributed by atoms with E-state index in [0.717, 1.165) is 5.01 Å². The molecule has 2 amide bonds. The van der Waals surface area contributed by atoms with E-state index in [9.17, 15) is 14.4 Å². The highest BCUT2D eigenvalue weighted by atomic mass is 32.2. The number of allylic oxidation sites excluding steroid dienone is 1. The molecule has 36 heavy (non-hydrogen) atoms. The molecule has 0 spiro atoms. The molecule has 4 bridgehead atoms. The first-order valence-electron chi connectivity index (χ1n) is 12.5. The molecule has 0 aromatic carbocycles. The number of cyclic esters (lactones) is 1. The SMILES string of the molecule is CC.CC.CC12CSC(=N1)c1csc(n1)CNC(=O)CC(/C=C/CCS)OC(=O)CNC2=O.CCC. The van der Waals surface area contributed by atoms with Crippen molar-refractivity contribution >= 4 is 58.6 Å². The third-order valence-corrected chi connectivity index (χ3v) is 6.63. The first-order chi connectivity index (χ1) is 17.3. The minimum atomic E-state index is -0.971. The number of fused-ring (bicyclic) bond motifs is 4. The fourth-order valence-electron chi connectivity index (χ4n) is 2.69. The van der Waals surface area contributed by atoms with Crippen molar-refractivity contribution in [3.8, 4) is 0 Å². The molecule has 2 N–H and O–H groups in total. The molecule has 2 atom stereocenters. The second-order valence-electron chi connectivity index (χ2n) is 7.45. The predicted molar refractivity (Wildman–Crippen MR) is 155 cm³/mol. The molecule has 204 valence electrons. The predicted octanol–water partition coefficient (Wildman–Crippen LogP) is 4.79. The molecule has 0 saturated heterocycles. The highest BCUT2D eigenvalue weighted by Gasteiger charge is 2.39. The van der Waals surface area contributed by atoms with Crippen LogP contribution in [0.2, 0.25) is 0 Å². The number of carbonyl (C=O) groups excluding carboxylic acids is 3. The number of ether oxygens (including phenoxy) is 1. The number of aromatic nitrogens is 1. The van der Waals surface area contributed by atoms with Crippen molar-refractivity contribution in [3.63, 3.8) is 0 Å². The van der Waals surface area contributed by atoms with E-state index in [4.69, 9.17) is 4.74 Å². The average molecular weight is 559 g/mol. The first kappa shape index (κ1) is 34.1. The van der Waals surface area contributed by atoms with Gasteiger partial charge in [-0.05, 0) is 25.2 Å². The average Bonchev–Trinajstić information content (AvgIpc) is 3.51. The fourth-order valence-corrected chi connectivity index (χ4v) is 4.76. The van der Waals surface area contributed by atoms with Gasteiger partial charge in [0.2, 0.25) is 11.8 Å². The van der Waals surface area contributed by atoms with Crippen LogP contribution in [0.4, 0.5) is 0 Å². The number of rotatable bonds is 3. The molecule has 0 saturated carbocycles. The van der Waals surface area contributed by atoms with Crippen LogP contribution in [0.25, 0.3) is 0 Å². The highest BCUT2D eigenvalue weighted by Crippen LogP contribution is 2.31. The van der Waals surface area contributed by atoms with E-state index >= 15 is 0 Å². The molecular formula is C25H42N4O4S3. The maximum absolute atomic E-state index is 12.6. The van der Waals surface area contributed by atoms with E-state index < -0.39 is 17.6 Å². The van der Waals surface area contributed by atoms with Crippen molar-refractivity contribution in [1.82, 2.24) is 15.6 Å². The molecule has 0 radical (unpaired) electrons. The van der Waals surface area contributed by atoms with Crippen molar-refractivity contribution in [2.24, 2.45) is 4.99 Å². The molecule has 0 fully saturated rings. The number of hydrogen-bond donors (Lipinski definition) is 3. The summed E-state index contributed by atoms with van der Waals surface area (Å²) in [5.41, 5.74) is -0.277. The van der Waals surface area contributed by atoms with Crippen LogP contribution in [-0.2, 0) is 25.7 Å². The Morgan fingerprint density at radius 1 is 1.17 bits per heavy atom. The first-order valence-corrected chi connectivity index (χ1v) is 15.0. The summed E-state index contributed by atoms with van der Waals surface area (Å²) in [6, 6.07) is 0. The van der Waals surface area contributed by atoms with Crippen molar-refractivity contribution in [2.75, 3.05) is 18.1 Å². The van der Waals surface area contributed by atoms with Crippen LogP contribution in [0.1, 0.15) is 78.4 Å². The fraction of sp³-hybridized carbons (Fsp3) is 0.640. The molecule has 8 nitrogen and oxygen atoms in total. The Morgan fingerprint density at radius 3 is 2.47 bits per heavy atom. The van der Waals surface area contributed by atoms with E-state index in [2.05, 4.69) is 47.1 Å². The van der Waals surface area contributed by atoms with Gasteiger partial charge in [-0.1, -0.05) is 54.0 Å². The van der Waals surface area contributed by atoms with Gasteiger partial charge in [-0.15, -0.1) is 23.1 Å². The number of thiol groups is 1. The maximum Gasteiger partial charge on any atom is 0.326 e. The Kier molecular flexibility index (Phi) is 18.3.